The number of imidazole rings is 1. The van der Waals surface area contributed by atoms with Gasteiger partial charge in [0.25, 0.3) is 0 Å². The molecule has 21 heavy (non-hydrogen) atoms. The van der Waals surface area contributed by atoms with Gasteiger partial charge in [0.15, 0.2) is 0 Å². The fourth-order valence-corrected chi connectivity index (χ4v) is 5.89. The van der Waals surface area contributed by atoms with Crippen molar-refractivity contribution in [2.24, 2.45) is 16.7 Å². The van der Waals surface area contributed by atoms with Crippen molar-refractivity contribution in [2.75, 3.05) is 0 Å². The number of rotatable bonds is 3. The van der Waals surface area contributed by atoms with Gasteiger partial charge in [0.2, 0.25) is 0 Å². The highest BCUT2D eigenvalue weighted by Gasteiger charge is 2.59. The number of hydrogen-bond donors (Lipinski definition) is 1. The molecule has 3 aliphatic carbocycles. The van der Waals surface area contributed by atoms with Gasteiger partial charge < -0.3 is 9.88 Å². The van der Waals surface area contributed by atoms with Crippen LogP contribution in [-0.4, -0.2) is 21.6 Å². The summed E-state index contributed by atoms with van der Waals surface area (Å²) in [5.74, 6) is 0.924. The predicted octanol–water partition coefficient (Wildman–Crippen LogP) is 3.78. The van der Waals surface area contributed by atoms with Gasteiger partial charge >= 0.3 is 0 Å². The van der Waals surface area contributed by atoms with Crippen LogP contribution in [0.3, 0.4) is 0 Å². The van der Waals surface area contributed by atoms with E-state index in [9.17, 15) is 0 Å². The van der Waals surface area contributed by atoms with E-state index in [1.165, 1.54) is 38.5 Å². The van der Waals surface area contributed by atoms with E-state index >= 15 is 0 Å². The molecule has 116 valence electrons. The second-order valence-electron chi connectivity index (χ2n) is 8.63. The van der Waals surface area contributed by atoms with Crippen molar-refractivity contribution in [3.05, 3.63) is 18.7 Å². The molecular formula is C18H29N3. The van der Waals surface area contributed by atoms with Crippen LogP contribution < -0.4 is 5.32 Å². The van der Waals surface area contributed by atoms with E-state index in [2.05, 4.69) is 41.8 Å². The van der Waals surface area contributed by atoms with Gasteiger partial charge in [0.05, 0.1) is 6.33 Å². The summed E-state index contributed by atoms with van der Waals surface area (Å²) in [6, 6.07) is 1.91. The van der Waals surface area contributed by atoms with E-state index < -0.39 is 0 Å². The van der Waals surface area contributed by atoms with Crippen molar-refractivity contribution in [3.8, 4) is 0 Å². The molecule has 1 N–H and O–H groups in total. The van der Waals surface area contributed by atoms with Crippen LogP contribution in [0.1, 0.15) is 65.3 Å². The van der Waals surface area contributed by atoms with Crippen LogP contribution in [0, 0.1) is 16.7 Å². The highest BCUT2D eigenvalue weighted by molar-refractivity contribution is 5.13. The van der Waals surface area contributed by atoms with Crippen molar-refractivity contribution in [2.45, 2.75) is 77.4 Å². The molecule has 3 fully saturated rings. The molecule has 0 aliphatic heterocycles. The van der Waals surface area contributed by atoms with Crippen molar-refractivity contribution < 1.29 is 0 Å². The molecule has 1 aromatic rings. The Bertz CT molecular complexity index is 502. The second-order valence-corrected chi connectivity index (χ2v) is 8.63. The third-order valence-electron chi connectivity index (χ3n) is 7.04. The first kappa shape index (κ1) is 13.8. The maximum atomic E-state index is 4.25. The Labute approximate surface area is 128 Å². The Balaban J connectivity index is 1.55. The van der Waals surface area contributed by atoms with Gasteiger partial charge in [-0.05, 0) is 55.3 Å². The lowest BCUT2D eigenvalue weighted by molar-refractivity contribution is 0.0933. The first-order chi connectivity index (χ1) is 10.0. The molecule has 3 aliphatic rings. The Morgan fingerprint density at radius 2 is 2.05 bits per heavy atom. The van der Waals surface area contributed by atoms with Gasteiger partial charge in [-0.25, -0.2) is 4.98 Å². The topological polar surface area (TPSA) is 29.9 Å². The first-order valence-electron chi connectivity index (χ1n) is 8.74. The summed E-state index contributed by atoms with van der Waals surface area (Å²) in [4.78, 5) is 4.25. The van der Waals surface area contributed by atoms with Crippen LogP contribution in [0.4, 0.5) is 0 Å². The summed E-state index contributed by atoms with van der Waals surface area (Å²) in [6.07, 6.45) is 14.3. The second kappa shape index (κ2) is 4.58. The number of nitrogens with zero attached hydrogens (tertiary/aromatic N) is 2. The molecule has 0 radical (unpaired) electrons. The van der Waals surface area contributed by atoms with Crippen molar-refractivity contribution in [1.29, 1.82) is 0 Å². The van der Waals surface area contributed by atoms with Crippen LogP contribution in [0.2, 0.25) is 0 Å². The summed E-state index contributed by atoms with van der Waals surface area (Å²) in [5.41, 5.74) is 0.978. The molecule has 0 spiro atoms. The molecule has 0 amide bonds. The van der Waals surface area contributed by atoms with Gasteiger partial charge in [0, 0.05) is 30.5 Å². The predicted molar refractivity (Wildman–Crippen MR) is 85.1 cm³/mol. The maximum Gasteiger partial charge on any atom is 0.0949 e. The normalized spacial score (nSPS) is 44.5. The third kappa shape index (κ3) is 2.00. The quantitative estimate of drug-likeness (QED) is 0.917. The molecule has 3 heteroatoms. The molecule has 3 unspecified atom stereocenters. The number of hydrogen-bond acceptors (Lipinski definition) is 2. The highest BCUT2D eigenvalue weighted by Crippen LogP contribution is 2.62. The van der Waals surface area contributed by atoms with Gasteiger partial charge in [-0.3, -0.25) is 0 Å². The Morgan fingerprint density at radius 3 is 2.71 bits per heavy atom. The summed E-state index contributed by atoms with van der Waals surface area (Å²) in [5, 5.41) is 4.13. The largest absolute Gasteiger partial charge is 0.333 e. The van der Waals surface area contributed by atoms with Gasteiger partial charge in [0.1, 0.15) is 0 Å². The Hall–Kier alpha value is -0.830. The highest BCUT2D eigenvalue weighted by atomic mass is 15.1. The number of fused-ring (bicyclic) bond motifs is 2. The molecule has 4 rings (SSSR count). The standard InChI is InChI=1S/C18H29N3/c1-17(2)13-7-8-18(3,11-13)16(17)20-14-5-4-6-15(14)21-10-9-19-12-21/h9-10,12-16,20H,4-8,11H2,1-3H3/t13-,14?,15?,16?,18+/m0/s1. The first-order valence-corrected chi connectivity index (χ1v) is 8.74. The molecule has 5 atom stereocenters. The van der Waals surface area contributed by atoms with E-state index in [0.29, 0.717) is 29.0 Å². The monoisotopic (exact) mass is 287 g/mol. The van der Waals surface area contributed by atoms with E-state index in [1.807, 2.05) is 12.5 Å². The molecule has 3 saturated carbocycles. The van der Waals surface area contributed by atoms with E-state index in [0.717, 1.165) is 5.92 Å². The summed E-state index contributed by atoms with van der Waals surface area (Å²) in [6.45, 7) is 7.53. The summed E-state index contributed by atoms with van der Waals surface area (Å²) >= 11 is 0. The maximum absolute atomic E-state index is 4.25. The Kier molecular flexibility index (Phi) is 3.01. The molecular weight excluding hydrogens is 258 g/mol. The minimum atomic E-state index is 0.453. The average molecular weight is 287 g/mol. The summed E-state index contributed by atoms with van der Waals surface area (Å²) in [7, 11) is 0. The van der Waals surface area contributed by atoms with Crippen LogP contribution in [0.5, 0.6) is 0 Å². The van der Waals surface area contributed by atoms with Gasteiger partial charge in [-0.1, -0.05) is 20.8 Å². The number of aromatic nitrogens is 2. The zero-order valence-electron chi connectivity index (χ0n) is 13.7. The Morgan fingerprint density at radius 1 is 1.19 bits per heavy atom. The minimum Gasteiger partial charge on any atom is -0.333 e. The zero-order valence-corrected chi connectivity index (χ0v) is 13.7. The minimum absolute atomic E-state index is 0.453. The van der Waals surface area contributed by atoms with E-state index in [-0.39, 0.29) is 0 Å². The van der Waals surface area contributed by atoms with Gasteiger partial charge in [-0.15, -0.1) is 0 Å². The van der Waals surface area contributed by atoms with E-state index in [1.54, 1.807) is 0 Å². The smallest absolute Gasteiger partial charge is 0.0949 e. The lowest BCUT2D eigenvalue weighted by atomic mass is 9.68. The van der Waals surface area contributed by atoms with Crippen LogP contribution in [0.15, 0.2) is 18.7 Å². The fourth-order valence-electron chi connectivity index (χ4n) is 5.89. The molecule has 2 bridgehead atoms. The SMILES string of the molecule is CC1(C)C(NC2CCCC2n2ccnc2)[C@]2(C)CC[C@H]1C2. The van der Waals surface area contributed by atoms with Gasteiger partial charge in [-0.2, -0.15) is 0 Å². The van der Waals surface area contributed by atoms with Crippen LogP contribution >= 0.6 is 0 Å². The van der Waals surface area contributed by atoms with Crippen LogP contribution in [0.25, 0.3) is 0 Å². The molecule has 1 heterocycles. The lowest BCUT2D eigenvalue weighted by Crippen LogP contribution is -2.54. The van der Waals surface area contributed by atoms with Crippen molar-refractivity contribution >= 4 is 0 Å². The lowest BCUT2D eigenvalue weighted by Gasteiger charge is -2.45. The molecule has 0 aromatic carbocycles. The number of nitrogens with one attached hydrogen (secondary N) is 1. The third-order valence-corrected chi connectivity index (χ3v) is 7.04. The molecule has 3 nitrogen and oxygen atoms in total. The van der Waals surface area contributed by atoms with Crippen molar-refractivity contribution in [1.82, 2.24) is 14.9 Å². The zero-order chi connectivity index (χ0) is 14.7. The fraction of sp³-hybridized carbons (Fsp3) is 0.833. The average Bonchev–Trinajstić information content (AvgIpc) is 3.16. The molecule has 0 saturated heterocycles. The van der Waals surface area contributed by atoms with E-state index in [4.69, 9.17) is 0 Å². The van der Waals surface area contributed by atoms with Crippen LogP contribution in [-0.2, 0) is 0 Å². The molecule has 1 aromatic heterocycles. The van der Waals surface area contributed by atoms with Crippen molar-refractivity contribution in [3.63, 3.8) is 0 Å². The summed E-state index contributed by atoms with van der Waals surface area (Å²) < 4.78 is 2.33.